The summed E-state index contributed by atoms with van der Waals surface area (Å²) in [6.45, 7) is -0.421. The molecule has 0 bridgehead atoms. The Morgan fingerprint density at radius 2 is 2.00 bits per heavy atom. The summed E-state index contributed by atoms with van der Waals surface area (Å²) in [6, 6.07) is 3.97. The van der Waals surface area contributed by atoms with E-state index in [0.29, 0.717) is 0 Å². The lowest BCUT2D eigenvalue weighted by molar-refractivity contribution is -0.138. The zero-order valence-electron chi connectivity index (χ0n) is 18.1. The highest BCUT2D eigenvalue weighted by Gasteiger charge is 2.43. The zero-order valence-corrected chi connectivity index (χ0v) is 18.1. The molecule has 1 aliphatic rings. The van der Waals surface area contributed by atoms with Crippen molar-refractivity contribution in [3.05, 3.63) is 53.0 Å². The summed E-state index contributed by atoms with van der Waals surface area (Å²) in [4.78, 5) is 35.4. The van der Waals surface area contributed by atoms with E-state index in [1.807, 2.05) is 0 Å². The summed E-state index contributed by atoms with van der Waals surface area (Å²) >= 11 is 0. The van der Waals surface area contributed by atoms with E-state index in [4.69, 9.17) is 20.7 Å². The van der Waals surface area contributed by atoms with Crippen molar-refractivity contribution in [3.63, 3.8) is 0 Å². The number of carboxylic acids is 1. The second kappa shape index (κ2) is 9.81. The third-order valence-electron chi connectivity index (χ3n) is 5.66. The molecular formula is C21H24N6O8. The lowest BCUT2D eigenvalue weighted by Crippen LogP contribution is -2.33. The van der Waals surface area contributed by atoms with Crippen LogP contribution in [0.3, 0.4) is 0 Å². The number of phenolic OH excluding ortho intramolecular Hbond substituents is 1. The van der Waals surface area contributed by atoms with Crippen LogP contribution in [0.4, 0.5) is 0 Å². The zero-order chi connectivity index (χ0) is 25.3. The molecule has 5 rings (SSSR count). The van der Waals surface area contributed by atoms with Crippen LogP contribution in [-0.4, -0.2) is 87.0 Å². The summed E-state index contributed by atoms with van der Waals surface area (Å²) in [5, 5.41) is 47.5. The summed E-state index contributed by atoms with van der Waals surface area (Å²) in [7, 11) is 0. The molecule has 0 aliphatic carbocycles. The first-order chi connectivity index (χ1) is 16.7. The molecule has 1 fully saturated rings. The molecule has 9 N–H and O–H groups in total. The normalized spacial score (nSPS) is 22.7. The van der Waals surface area contributed by atoms with Crippen molar-refractivity contribution >= 4 is 28.0 Å². The third kappa shape index (κ3) is 4.73. The van der Waals surface area contributed by atoms with Crippen LogP contribution in [0.15, 0.2) is 41.8 Å². The Balaban J connectivity index is 0.000000168. The molecule has 3 aromatic heterocycles. The number of hydrogen-bond acceptors (Lipinski definition) is 10. The van der Waals surface area contributed by atoms with Gasteiger partial charge >= 0.3 is 5.97 Å². The van der Waals surface area contributed by atoms with E-state index >= 15 is 0 Å². The highest BCUT2D eigenvalue weighted by molar-refractivity contribution is 5.85. The number of carboxylic acid groups (broad SMARTS) is 1. The summed E-state index contributed by atoms with van der Waals surface area (Å²) in [6.07, 6.45) is 0.166. The van der Waals surface area contributed by atoms with Gasteiger partial charge in [0.15, 0.2) is 17.4 Å². The number of fused-ring (bicyclic) bond motifs is 2. The molecule has 186 valence electrons. The van der Waals surface area contributed by atoms with Gasteiger partial charge in [0.05, 0.1) is 19.3 Å². The van der Waals surface area contributed by atoms with Crippen molar-refractivity contribution in [1.29, 1.82) is 0 Å². The summed E-state index contributed by atoms with van der Waals surface area (Å²) in [5.74, 6) is -0.883. The van der Waals surface area contributed by atoms with E-state index in [9.17, 15) is 24.9 Å². The van der Waals surface area contributed by atoms with Crippen LogP contribution in [-0.2, 0) is 16.0 Å². The highest BCUT2D eigenvalue weighted by atomic mass is 16.6. The fraction of sp³-hybridized carbons (Fsp3) is 0.333. The molecule has 35 heavy (non-hydrogen) atoms. The van der Waals surface area contributed by atoms with Crippen molar-refractivity contribution in [2.24, 2.45) is 5.73 Å². The number of hydrogen-bond donors (Lipinski definition) is 8. The lowest BCUT2D eigenvalue weighted by Gasteiger charge is -2.16. The molecular weight excluding hydrogens is 464 g/mol. The highest BCUT2D eigenvalue weighted by Crippen LogP contribution is 2.30. The van der Waals surface area contributed by atoms with Crippen molar-refractivity contribution in [2.45, 2.75) is 37.0 Å². The Bertz CT molecular complexity index is 1400. The van der Waals surface area contributed by atoms with E-state index in [2.05, 4.69) is 19.9 Å². The topological polar surface area (TPSA) is 233 Å². The number of nitrogens with one attached hydrogen (secondary N) is 2. The first-order valence-corrected chi connectivity index (χ1v) is 10.5. The first-order valence-electron chi connectivity index (χ1n) is 10.5. The maximum atomic E-state index is 11.5. The molecule has 0 spiro atoms. The summed E-state index contributed by atoms with van der Waals surface area (Å²) < 4.78 is 6.70. The minimum absolute atomic E-state index is 0.111. The number of nitrogens with zero attached hydrogens (tertiary/aromatic N) is 3. The fourth-order valence-electron chi connectivity index (χ4n) is 3.82. The quantitative estimate of drug-likeness (QED) is 0.162. The van der Waals surface area contributed by atoms with Crippen molar-refractivity contribution in [1.82, 2.24) is 24.5 Å². The van der Waals surface area contributed by atoms with Crippen LogP contribution in [0.1, 0.15) is 11.8 Å². The number of rotatable bonds is 5. The minimum Gasteiger partial charge on any atom is -0.508 e. The second-order valence-electron chi connectivity index (χ2n) is 7.98. The van der Waals surface area contributed by atoms with Gasteiger partial charge in [-0.1, -0.05) is 0 Å². The molecule has 4 aromatic rings. The number of aliphatic carboxylic acids is 1. The number of phenols is 1. The standard InChI is InChI=1S/C11H12N2O3.C10H12N4O5/c12-9(11(15)16)3-6-5-13-10-2-1-7(14)4-8(6)10;15-1-4-6(16)7(17)10(19-4)14-3-13-5-8(14)11-2-12-9(5)18/h1-2,4-5,9,13-14H,3,12H2,(H,15,16);2-4,6-7,10,15-17H,1H2,(H,11,12,18)/t9-;4-,6-,7-,10-/m01/s1. The van der Waals surface area contributed by atoms with E-state index in [1.54, 1.807) is 24.4 Å². The Hall–Kier alpha value is -3.82. The van der Waals surface area contributed by atoms with E-state index in [-0.39, 0.29) is 23.3 Å². The average Bonchev–Trinajstić information content (AvgIpc) is 3.51. The maximum Gasteiger partial charge on any atom is 0.320 e. The molecule has 14 heteroatoms. The van der Waals surface area contributed by atoms with Crippen molar-refractivity contribution in [2.75, 3.05) is 6.61 Å². The second-order valence-corrected chi connectivity index (χ2v) is 7.98. The van der Waals surface area contributed by atoms with Gasteiger partial charge in [0.25, 0.3) is 5.56 Å². The number of imidazole rings is 1. The van der Waals surface area contributed by atoms with Crippen molar-refractivity contribution in [3.8, 4) is 5.75 Å². The van der Waals surface area contributed by atoms with Gasteiger partial charge in [-0.2, -0.15) is 0 Å². The fourth-order valence-corrected chi connectivity index (χ4v) is 3.82. The molecule has 1 aliphatic heterocycles. The minimum atomic E-state index is -1.24. The van der Waals surface area contributed by atoms with Gasteiger partial charge in [-0.3, -0.25) is 14.2 Å². The van der Waals surface area contributed by atoms with Gasteiger partial charge in [0.2, 0.25) is 0 Å². The van der Waals surface area contributed by atoms with Crippen LogP contribution in [0.5, 0.6) is 5.75 Å². The van der Waals surface area contributed by atoms with Crippen LogP contribution < -0.4 is 11.3 Å². The number of aromatic amines is 2. The number of H-pyrrole nitrogens is 2. The van der Waals surface area contributed by atoms with Gasteiger partial charge in [-0.25, -0.2) is 9.97 Å². The summed E-state index contributed by atoms with van der Waals surface area (Å²) in [5.41, 5.74) is 7.04. The molecule has 14 nitrogen and oxygen atoms in total. The number of nitrogens with two attached hydrogens (primary N) is 1. The molecule has 5 atom stereocenters. The van der Waals surface area contributed by atoms with Gasteiger partial charge in [0.1, 0.15) is 30.1 Å². The van der Waals surface area contributed by atoms with Gasteiger partial charge in [0, 0.05) is 23.5 Å². The number of aromatic hydroxyl groups is 1. The molecule has 1 saturated heterocycles. The van der Waals surface area contributed by atoms with E-state index in [1.165, 1.54) is 17.2 Å². The molecule has 0 saturated carbocycles. The SMILES string of the molecule is N[C@@H](Cc1c[nH]c2ccc(O)cc12)C(=O)O.O=c1[nH]cnc2c1ncn2[C@@H]1O[C@H](CO)[C@@H](O)[C@H]1O. The molecule has 0 amide bonds. The Morgan fingerprint density at radius 1 is 1.23 bits per heavy atom. The molecule has 1 aromatic carbocycles. The smallest absolute Gasteiger partial charge is 0.320 e. The molecule has 0 unspecified atom stereocenters. The predicted molar refractivity (Wildman–Crippen MR) is 120 cm³/mol. The van der Waals surface area contributed by atoms with Gasteiger partial charge < -0.3 is 46.0 Å². The third-order valence-corrected chi connectivity index (χ3v) is 5.66. The number of aliphatic hydroxyl groups is 3. The average molecular weight is 488 g/mol. The largest absolute Gasteiger partial charge is 0.508 e. The van der Waals surface area contributed by atoms with E-state index in [0.717, 1.165) is 16.5 Å². The predicted octanol–water partition coefficient (Wildman–Crippen LogP) is -1.44. The Morgan fingerprint density at radius 3 is 2.69 bits per heavy atom. The number of benzene rings is 1. The van der Waals surface area contributed by atoms with Crippen molar-refractivity contribution < 1.29 is 35.1 Å². The Labute approximate surface area is 196 Å². The van der Waals surface area contributed by atoms with Crippen LogP contribution in [0, 0.1) is 0 Å². The van der Waals surface area contributed by atoms with Crippen LogP contribution in [0.2, 0.25) is 0 Å². The molecule has 4 heterocycles. The van der Waals surface area contributed by atoms with E-state index < -0.39 is 48.7 Å². The lowest BCUT2D eigenvalue weighted by atomic mass is 10.1. The number of aromatic nitrogens is 5. The monoisotopic (exact) mass is 488 g/mol. The van der Waals surface area contributed by atoms with Gasteiger partial charge in [-0.05, 0) is 23.8 Å². The van der Waals surface area contributed by atoms with Crippen LogP contribution in [0.25, 0.3) is 22.1 Å². The number of carbonyl (C=O) groups is 1. The molecule has 0 radical (unpaired) electrons. The number of ether oxygens (including phenoxy) is 1. The first kappa shape index (κ1) is 24.3. The van der Waals surface area contributed by atoms with Crippen LogP contribution >= 0.6 is 0 Å². The Kier molecular flexibility index (Phi) is 6.81. The van der Waals surface area contributed by atoms with Gasteiger partial charge in [-0.15, -0.1) is 0 Å². The number of aliphatic hydroxyl groups excluding tert-OH is 3. The maximum absolute atomic E-state index is 11.5.